The highest BCUT2D eigenvalue weighted by molar-refractivity contribution is 6.04. The SMILES string of the molecule is Cc1cc(C(=O)Nc2ccc(NC(=O)c3ccco3)cc2C(F)(F)F)n(C)n1. The summed E-state index contributed by atoms with van der Waals surface area (Å²) in [6.45, 7) is 1.66. The standard InChI is InChI=1S/C18H15F3N4O3/c1-10-8-14(25(2)24-10)16(26)23-13-6-5-11(9-12(13)18(19,20)21)22-17(27)15-4-3-7-28-15/h3-9H,1-2H3,(H,22,27)(H,23,26). The van der Waals surface area contributed by atoms with Gasteiger partial charge in [0, 0.05) is 12.7 Å². The molecule has 0 atom stereocenters. The van der Waals surface area contributed by atoms with E-state index in [4.69, 9.17) is 4.42 Å². The number of nitrogens with one attached hydrogen (secondary N) is 2. The monoisotopic (exact) mass is 392 g/mol. The molecule has 3 rings (SSSR count). The van der Waals surface area contributed by atoms with Crippen LogP contribution in [0.4, 0.5) is 24.5 Å². The van der Waals surface area contributed by atoms with Crippen LogP contribution in [0.2, 0.25) is 0 Å². The van der Waals surface area contributed by atoms with Crippen molar-refractivity contribution in [3.63, 3.8) is 0 Å². The van der Waals surface area contributed by atoms with Crippen molar-refractivity contribution in [3.05, 3.63) is 65.4 Å². The fraction of sp³-hybridized carbons (Fsp3) is 0.167. The molecule has 2 N–H and O–H groups in total. The van der Waals surface area contributed by atoms with Gasteiger partial charge >= 0.3 is 6.18 Å². The molecule has 2 amide bonds. The third-order valence-electron chi connectivity index (χ3n) is 3.81. The fourth-order valence-electron chi connectivity index (χ4n) is 2.58. The third kappa shape index (κ3) is 4.05. The number of benzene rings is 1. The number of aromatic nitrogens is 2. The van der Waals surface area contributed by atoms with E-state index < -0.39 is 29.2 Å². The highest BCUT2D eigenvalue weighted by atomic mass is 19.4. The predicted molar refractivity (Wildman–Crippen MR) is 94.0 cm³/mol. The van der Waals surface area contributed by atoms with Crippen molar-refractivity contribution in [2.75, 3.05) is 10.6 Å². The highest BCUT2D eigenvalue weighted by Crippen LogP contribution is 2.37. The molecular formula is C18H15F3N4O3. The van der Waals surface area contributed by atoms with Crippen molar-refractivity contribution in [2.24, 2.45) is 7.05 Å². The molecule has 146 valence electrons. The summed E-state index contributed by atoms with van der Waals surface area (Å²) in [5.41, 5.74) is -0.965. The van der Waals surface area contributed by atoms with Gasteiger partial charge in [-0.1, -0.05) is 0 Å². The van der Waals surface area contributed by atoms with E-state index in [0.717, 1.165) is 12.1 Å². The lowest BCUT2D eigenvalue weighted by atomic mass is 10.1. The number of nitrogens with zero attached hydrogens (tertiary/aromatic N) is 2. The number of rotatable bonds is 4. The minimum Gasteiger partial charge on any atom is -0.459 e. The summed E-state index contributed by atoms with van der Waals surface area (Å²) in [6, 6.07) is 7.38. The lowest BCUT2D eigenvalue weighted by molar-refractivity contribution is -0.136. The first-order valence-corrected chi connectivity index (χ1v) is 8.03. The summed E-state index contributed by atoms with van der Waals surface area (Å²) in [5, 5.41) is 8.56. The quantitative estimate of drug-likeness (QED) is 0.706. The zero-order valence-electron chi connectivity index (χ0n) is 14.8. The molecule has 1 aromatic carbocycles. The van der Waals surface area contributed by atoms with Gasteiger partial charge in [-0.3, -0.25) is 14.3 Å². The lowest BCUT2D eigenvalue weighted by Gasteiger charge is -2.15. The first-order valence-electron chi connectivity index (χ1n) is 8.03. The Bertz CT molecular complexity index is 1020. The Morgan fingerprint density at radius 2 is 1.86 bits per heavy atom. The normalized spacial score (nSPS) is 11.3. The summed E-state index contributed by atoms with van der Waals surface area (Å²) in [6.07, 6.45) is -3.48. The van der Waals surface area contributed by atoms with Crippen LogP contribution in [0.5, 0.6) is 0 Å². The number of furan rings is 1. The largest absolute Gasteiger partial charge is 0.459 e. The molecule has 0 aliphatic heterocycles. The van der Waals surface area contributed by atoms with Crippen LogP contribution in [-0.4, -0.2) is 21.6 Å². The van der Waals surface area contributed by atoms with Gasteiger partial charge in [0.1, 0.15) is 5.69 Å². The Morgan fingerprint density at radius 1 is 1.11 bits per heavy atom. The van der Waals surface area contributed by atoms with E-state index >= 15 is 0 Å². The molecule has 0 aliphatic rings. The van der Waals surface area contributed by atoms with Gasteiger partial charge in [-0.25, -0.2) is 0 Å². The molecule has 0 unspecified atom stereocenters. The second-order valence-electron chi connectivity index (χ2n) is 5.94. The zero-order valence-corrected chi connectivity index (χ0v) is 14.8. The van der Waals surface area contributed by atoms with Crippen molar-refractivity contribution in [1.29, 1.82) is 0 Å². The molecular weight excluding hydrogens is 377 g/mol. The maximum Gasteiger partial charge on any atom is 0.418 e. The van der Waals surface area contributed by atoms with Gasteiger partial charge in [-0.2, -0.15) is 18.3 Å². The van der Waals surface area contributed by atoms with E-state index in [1.807, 2.05) is 0 Å². The smallest absolute Gasteiger partial charge is 0.418 e. The van der Waals surface area contributed by atoms with Crippen LogP contribution in [0.1, 0.15) is 32.3 Å². The van der Waals surface area contributed by atoms with E-state index in [-0.39, 0.29) is 17.1 Å². The zero-order chi connectivity index (χ0) is 20.5. The number of alkyl halides is 3. The lowest BCUT2D eigenvalue weighted by Crippen LogP contribution is -2.20. The second-order valence-corrected chi connectivity index (χ2v) is 5.94. The molecule has 0 bridgehead atoms. The number of amides is 2. The Morgan fingerprint density at radius 3 is 2.43 bits per heavy atom. The van der Waals surface area contributed by atoms with Crippen LogP contribution in [0.25, 0.3) is 0 Å². The maximum absolute atomic E-state index is 13.5. The summed E-state index contributed by atoms with van der Waals surface area (Å²) in [5.74, 6) is -1.47. The number of aryl methyl sites for hydroxylation is 2. The van der Waals surface area contributed by atoms with Crippen molar-refractivity contribution < 1.29 is 27.2 Å². The average Bonchev–Trinajstić information content (AvgIpc) is 3.25. The van der Waals surface area contributed by atoms with Crippen LogP contribution >= 0.6 is 0 Å². The maximum atomic E-state index is 13.5. The van der Waals surface area contributed by atoms with Crippen molar-refractivity contribution in [2.45, 2.75) is 13.1 Å². The van der Waals surface area contributed by atoms with Crippen molar-refractivity contribution in [1.82, 2.24) is 9.78 Å². The Balaban J connectivity index is 1.88. The number of halogens is 3. The van der Waals surface area contributed by atoms with Gasteiger partial charge in [-0.05, 0) is 43.3 Å². The third-order valence-corrected chi connectivity index (χ3v) is 3.81. The molecule has 0 aliphatic carbocycles. The van der Waals surface area contributed by atoms with E-state index in [1.54, 1.807) is 6.92 Å². The topological polar surface area (TPSA) is 89.2 Å². The van der Waals surface area contributed by atoms with E-state index in [1.165, 1.54) is 42.3 Å². The molecule has 3 aromatic rings. The molecule has 0 radical (unpaired) electrons. The summed E-state index contributed by atoms with van der Waals surface area (Å²) >= 11 is 0. The highest BCUT2D eigenvalue weighted by Gasteiger charge is 2.34. The minimum atomic E-state index is -4.75. The first kappa shape index (κ1) is 19.2. The van der Waals surface area contributed by atoms with Gasteiger partial charge in [0.05, 0.1) is 23.2 Å². The van der Waals surface area contributed by atoms with E-state index in [9.17, 15) is 22.8 Å². The number of anilines is 2. The van der Waals surface area contributed by atoms with Crippen LogP contribution in [0.3, 0.4) is 0 Å². The number of carbonyl (C=O) groups excluding carboxylic acids is 2. The molecule has 0 fully saturated rings. The van der Waals surface area contributed by atoms with Gasteiger partial charge in [0.25, 0.3) is 11.8 Å². The van der Waals surface area contributed by atoms with Crippen molar-refractivity contribution in [3.8, 4) is 0 Å². The van der Waals surface area contributed by atoms with Gasteiger partial charge in [0.15, 0.2) is 5.76 Å². The molecule has 2 heterocycles. The van der Waals surface area contributed by atoms with Crippen LogP contribution < -0.4 is 10.6 Å². The minimum absolute atomic E-state index is 0.0440. The summed E-state index contributed by atoms with van der Waals surface area (Å²) in [4.78, 5) is 24.3. The number of carbonyl (C=O) groups is 2. The molecule has 28 heavy (non-hydrogen) atoms. The van der Waals surface area contributed by atoms with Gasteiger partial charge < -0.3 is 15.1 Å². The summed E-state index contributed by atoms with van der Waals surface area (Å²) in [7, 11) is 1.51. The molecule has 2 aromatic heterocycles. The summed E-state index contributed by atoms with van der Waals surface area (Å²) < 4.78 is 46.6. The Hall–Kier alpha value is -3.56. The van der Waals surface area contributed by atoms with E-state index in [2.05, 4.69) is 15.7 Å². The average molecular weight is 392 g/mol. The first-order chi connectivity index (χ1) is 13.1. The molecule has 0 saturated heterocycles. The second kappa shape index (κ2) is 7.22. The molecule has 0 spiro atoms. The van der Waals surface area contributed by atoms with Gasteiger partial charge in [0.2, 0.25) is 0 Å². The van der Waals surface area contributed by atoms with Gasteiger partial charge in [-0.15, -0.1) is 0 Å². The Labute approximate surface area is 157 Å². The van der Waals surface area contributed by atoms with E-state index in [0.29, 0.717) is 5.69 Å². The fourth-order valence-corrected chi connectivity index (χ4v) is 2.58. The molecule has 7 nitrogen and oxygen atoms in total. The molecule has 0 saturated carbocycles. The number of hydrogen-bond acceptors (Lipinski definition) is 4. The predicted octanol–water partition coefficient (Wildman–Crippen LogP) is 3.84. The molecule has 10 heteroatoms. The Kier molecular flexibility index (Phi) is 4.95. The van der Waals surface area contributed by atoms with Crippen LogP contribution in [0, 0.1) is 6.92 Å². The van der Waals surface area contributed by atoms with Crippen molar-refractivity contribution >= 4 is 23.2 Å². The van der Waals surface area contributed by atoms with Crippen LogP contribution in [-0.2, 0) is 13.2 Å². The van der Waals surface area contributed by atoms with Crippen LogP contribution in [0.15, 0.2) is 47.1 Å². The number of hydrogen-bond donors (Lipinski definition) is 2.